The summed E-state index contributed by atoms with van der Waals surface area (Å²) < 4.78 is 7.73. The van der Waals surface area contributed by atoms with Crippen LogP contribution in [0.1, 0.15) is 30.8 Å². The summed E-state index contributed by atoms with van der Waals surface area (Å²) in [6, 6.07) is 0. The van der Waals surface area contributed by atoms with E-state index in [0.29, 0.717) is 25.5 Å². The summed E-state index contributed by atoms with van der Waals surface area (Å²) >= 11 is 2.06. The van der Waals surface area contributed by atoms with Crippen molar-refractivity contribution < 1.29 is 9.53 Å². The molecule has 14 heavy (non-hydrogen) atoms. The molecule has 0 spiro atoms. The van der Waals surface area contributed by atoms with Crippen LogP contribution in [-0.4, -0.2) is 21.9 Å². The van der Waals surface area contributed by atoms with Crippen LogP contribution in [-0.2, 0) is 11.5 Å². The Balaban J connectivity index is 2.88. The molecule has 0 atom stereocenters. The summed E-state index contributed by atoms with van der Waals surface area (Å²) in [5.41, 5.74) is 0.654. The molecule has 0 radical (unpaired) electrons. The monoisotopic (exact) mass is 308 g/mol. The zero-order valence-corrected chi connectivity index (χ0v) is 10.4. The molecule has 0 aromatic carbocycles. The summed E-state index contributed by atoms with van der Waals surface area (Å²) in [4.78, 5) is 15.6. The maximum absolute atomic E-state index is 11.6. The molecule has 0 aliphatic carbocycles. The lowest BCUT2D eigenvalue weighted by atomic mass is 10.2. The molecule has 0 amide bonds. The quantitative estimate of drug-likeness (QED) is 0.618. The van der Waals surface area contributed by atoms with Crippen LogP contribution in [0.2, 0.25) is 0 Å². The molecule has 0 N–H and O–H groups in total. The van der Waals surface area contributed by atoms with Gasteiger partial charge in [-0.3, -0.25) is 4.79 Å². The van der Waals surface area contributed by atoms with E-state index >= 15 is 0 Å². The third-order valence-corrected chi connectivity index (χ3v) is 2.60. The summed E-state index contributed by atoms with van der Waals surface area (Å²) in [6.45, 7) is 4.79. The Morgan fingerprint density at radius 1 is 1.64 bits per heavy atom. The lowest BCUT2D eigenvalue weighted by Gasteiger charge is -2.06. The van der Waals surface area contributed by atoms with E-state index in [9.17, 15) is 4.79 Å². The number of hydrogen-bond donors (Lipinski definition) is 0. The van der Waals surface area contributed by atoms with Crippen LogP contribution in [0, 0.1) is 3.70 Å². The molecule has 0 unspecified atom stereocenters. The highest BCUT2D eigenvalue weighted by Gasteiger charge is 2.14. The first kappa shape index (κ1) is 11.6. The van der Waals surface area contributed by atoms with E-state index in [1.807, 2.05) is 13.8 Å². The molecule has 0 fully saturated rings. The number of carbonyl (C=O) groups excluding carboxylic acids is 1. The summed E-state index contributed by atoms with van der Waals surface area (Å²) in [5, 5.41) is 0. The van der Waals surface area contributed by atoms with Crippen molar-refractivity contribution in [3.05, 3.63) is 15.7 Å². The number of ketones is 1. The second-order valence-corrected chi connectivity index (χ2v) is 3.77. The Bertz CT molecular complexity index is 323. The van der Waals surface area contributed by atoms with Crippen molar-refractivity contribution in [3.8, 4) is 0 Å². The van der Waals surface area contributed by atoms with Crippen molar-refractivity contribution in [1.29, 1.82) is 0 Å². The minimum Gasteiger partial charge on any atom is -0.361 e. The van der Waals surface area contributed by atoms with Crippen molar-refractivity contribution in [2.24, 2.45) is 0 Å². The first-order valence-corrected chi connectivity index (χ1v) is 5.60. The van der Waals surface area contributed by atoms with Gasteiger partial charge < -0.3 is 9.30 Å². The van der Waals surface area contributed by atoms with Crippen LogP contribution < -0.4 is 0 Å². The van der Waals surface area contributed by atoms with Gasteiger partial charge in [0.1, 0.15) is 16.1 Å². The van der Waals surface area contributed by atoms with Gasteiger partial charge in [-0.05, 0) is 29.5 Å². The minimum absolute atomic E-state index is 0.103. The smallest absolute Gasteiger partial charge is 0.181 e. The first-order valence-electron chi connectivity index (χ1n) is 4.52. The first-order chi connectivity index (χ1) is 6.70. The van der Waals surface area contributed by atoms with E-state index < -0.39 is 0 Å². The Hall–Kier alpha value is -0.430. The Morgan fingerprint density at radius 3 is 2.93 bits per heavy atom. The summed E-state index contributed by atoms with van der Waals surface area (Å²) in [6.07, 6.45) is 2.13. The molecule has 4 nitrogen and oxygen atoms in total. The maximum atomic E-state index is 11.6. The number of imidazole rings is 1. The van der Waals surface area contributed by atoms with Crippen molar-refractivity contribution in [2.75, 3.05) is 6.61 Å². The number of halogens is 1. The van der Waals surface area contributed by atoms with Crippen LogP contribution in [0.25, 0.3) is 0 Å². The second-order valence-electron chi connectivity index (χ2n) is 2.75. The van der Waals surface area contributed by atoms with Gasteiger partial charge in [0.05, 0.1) is 6.33 Å². The summed E-state index contributed by atoms with van der Waals surface area (Å²) in [7, 11) is 0. The number of ether oxygens (including phenoxy) is 1. The van der Waals surface area contributed by atoms with E-state index in [1.165, 1.54) is 0 Å². The zero-order valence-electron chi connectivity index (χ0n) is 8.29. The highest BCUT2D eigenvalue weighted by atomic mass is 127. The fourth-order valence-corrected chi connectivity index (χ4v) is 1.82. The SMILES string of the molecule is CCOCn1cnc(I)c1C(=O)CC. The molecule has 0 aliphatic heterocycles. The van der Waals surface area contributed by atoms with Crippen LogP contribution in [0.5, 0.6) is 0 Å². The topological polar surface area (TPSA) is 44.1 Å². The number of aromatic nitrogens is 2. The van der Waals surface area contributed by atoms with Crippen LogP contribution >= 0.6 is 22.6 Å². The van der Waals surface area contributed by atoms with E-state index in [2.05, 4.69) is 27.6 Å². The van der Waals surface area contributed by atoms with Gasteiger partial charge in [0.15, 0.2) is 5.78 Å². The lowest BCUT2D eigenvalue weighted by Crippen LogP contribution is -2.11. The molecule has 0 aliphatic rings. The molecule has 1 aromatic rings. The third kappa shape index (κ3) is 2.54. The largest absolute Gasteiger partial charge is 0.361 e. The van der Waals surface area contributed by atoms with E-state index in [-0.39, 0.29) is 5.78 Å². The number of nitrogens with zero attached hydrogens (tertiary/aromatic N) is 2. The third-order valence-electron chi connectivity index (χ3n) is 1.81. The van der Waals surface area contributed by atoms with Crippen molar-refractivity contribution >= 4 is 28.4 Å². The average molecular weight is 308 g/mol. The Kier molecular flexibility index (Phi) is 4.53. The van der Waals surface area contributed by atoms with E-state index in [0.717, 1.165) is 3.70 Å². The molecule has 0 bridgehead atoms. The van der Waals surface area contributed by atoms with Gasteiger partial charge >= 0.3 is 0 Å². The van der Waals surface area contributed by atoms with Crippen molar-refractivity contribution in [2.45, 2.75) is 27.0 Å². The van der Waals surface area contributed by atoms with Gasteiger partial charge in [-0.2, -0.15) is 0 Å². The molecule has 5 heteroatoms. The number of carbonyl (C=O) groups is 1. The van der Waals surface area contributed by atoms with Gasteiger partial charge in [-0.25, -0.2) is 4.98 Å². The van der Waals surface area contributed by atoms with Gasteiger partial charge in [0.25, 0.3) is 0 Å². The van der Waals surface area contributed by atoms with Crippen LogP contribution in [0.4, 0.5) is 0 Å². The van der Waals surface area contributed by atoms with Gasteiger partial charge in [-0.15, -0.1) is 0 Å². The number of Topliss-reactive ketones (excluding diaryl/α,β-unsaturated/α-hetero) is 1. The predicted molar refractivity (Wildman–Crippen MR) is 61.2 cm³/mol. The molecular weight excluding hydrogens is 295 g/mol. The molecule has 1 heterocycles. The highest BCUT2D eigenvalue weighted by molar-refractivity contribution is 14.1. The van der Waals surface area contributed by atoms with Gasteiger partial charge in [0, 0.05) is 13.0 Å². The minimum atomic E-state index is 0.103. The molecule has 0 saturated carbocycles. The summed E-state index contributed by atoms with van der Waals surface area (Å²) in [5.74, 6) is 0.103. The molecule has 1 aromatic heterocycles. The number of rotatable bonds is 5. The van der Waals surface area contributed by atoms with Gasteiger partial charge in [0.2, 0.25) is 0 Å². The predicted octanol–water partition coefficient (Wildman–Crippen LogP) is 2.07. The fraction of sp³-hybridized carbons (Fsp3) is 0.556. The van der Waals surface area contributed by atoms with Crippen LogP contribution in [0.15, 0.2) is 6.33 Å². The van der Waals surface area contributed by atoms with Crippen molar-refractivity contribution in [1.82, 2.24) is 9.55 Å². The zero-order chi connectivity index (χ0) is 10.6. The van der Waals surface area contributed by atoms with E-state index in [1.54, 1.807) is 10.9 Å². The van der Waals surface area contributed by atoms with Crippen LogP contribution in [0.3, 0.4) is 0 Å². The molecule has 78 valence electrons. The number of hydrogen-bond acceptors (Lipinski definition) is 3. The lowest BCUT2D eigenvalue weighted by molar-refractivity contribution is 0.0806. The standard InChI is InChI=1S/C9H13IN2O2/c1-3-7(13)8-9(10)11-5-12(8)6-14-4-2/h5H,3-4,6H2,1-2H3. The average Bonchev–Trinajstić information content (AvgIpc) is 2.55. The molecular formula is C9H13IN2O2. The Labute approximate surface area is 96.8 Å². The molecule has 1 rings (SSSR count). The van der Waals surface area contributed by atoms with E-state index in [4.69, 9.17) is 4.74 Å². The normalized spacial score (nSPS) is 10.5. The fourth-order valence-electron chi connectivity index (χ4n) is 1.09. The maximum Gasteiger partial charge on any atom is 0.181 e. The second kappa shape index (κ2) is 5.45. The molecule has 0 saturated heterocycles. The highest BCUT2D eigenvalue weighted by Crippen LogP contribution is 2.12. The van der Waals surface area contributed by atoms with Crippen molar-refractivity contribution in [3.63, 3.8) is 0 Å². The van der Waals surface area contributed by atoms with Gasteiger partial charge in [-0.1, -0.05) is 6.92 Å². The Morgan fingerprint density at radius 2 is 2.36 bits per heavy atom.